The summed E-state index contributed by atoms with van der Waals surface area (Å²) in [5.74, 6) is -0.197. The van der Waals surface area contributed by atoms with E-state index in [2.05, 4.69) is 11.9 Å². The SMILES string of the molecule is CN1CCN(C(=O)c2cc3ccccc3oc2=O)CC12CCCCC2. The van der Waals surface area contributed by atoms with Crippen molar-refractivity contribution in [2.24, 2.45) is 0 Å². The second-order valence-corrected chi connectivity index (χ2v) is 7.42. The van der Waals surface area contributed by atoms with Crippen LogP contribution in [0.5, 0.6) is 0 Å². The number of piperazine rings is 1. The average Bonchev–Trinajstić information content (AvgIpc) is 2.64. The van der Waals surface area contributed by atoms with Crippen LogP contribution < -0.4 is 5.63 Å². The molecule has 1 saturated carbocycles. The molecule has 0 radical (unpaired) electrons. The molecule has 1 aliphatic heterocycles. The van der Waals surface area contributed by atoms with Gasteiger partial charge in [0.25, 0.3) is 5.91 Å². The maximum Gasteiger partial charge on any atom is 0.349 e. The molecule has 5 nitrogen and oxygen atoms in total. The zero-order valence-electron chi connectivity index (χ0n) is 14.7. The first-order chi connectivity index (χ1) is 12.1. The number of carbonyl (C=O) groups is 1. The van der Waals surface area contributed by atoms with Crippen LogP contribution in [-0.2, 0) is 0 Å². The van der Waals surface area contributed by atoms with Gasteiger partial charge < -0.3 is 9.32 Å². The second-order valence-electron chi connectivity index (χ2n) is 7.42. The zero-order valence-corrected chi connectivity index (χ0v) is 14.7. The molecular weight excluding hydrogens is 316 g/mol. The molecule has 1 spiro atoms. The van der Waals surface area contributed by atoms with Crippen molar-refractivity contribution >= 4 is 16.9 Å². The summed E-state index contributed by atoms with van der Waals surface area (Å²) in [6.07, 6.45) is 5.95. The fourth-order valence-electron chi connectivity index (χ4n) is 4.37. The van der Waals surface area contributed by atoms with E-state index in [1.54, 1.807) is 12.1 Å². The van der Waals surface area contributed by atoms with Gasteiger partial charge in [-0.3, -0.25) is 9.69 Å². The molecule has 0 N–H and O–H groups in total. The molecule has 1 aliphatic carbocycles. The lowest BCUT2D eigenvalue weighted by Crippen LogP contribution is -2.62. The number of hydrogen-bond donors (Lipinski definition) is 0. The van der Waals surface area contributed by atoms with Gasteiger partial charge in [-0.1, -0.05) is 37.5 Å². The first kappa shape index (κ1) is 16.3. The lowest BCUT2D eigenvalue weighted by atomic mass is 9.79. The van der Waals surface area contributed by atoms with Crippen LogP contribution in [0.3, 0.4) is 0 Å². The summed E-state index contributed by atoms with van der Waals surface area (Å²) >= 11 is 0. The third kappa shape index (κ3) is 2.86. The van der Waals surface area contributed by atoms with Crippen LogP contribution >= 0.6 is 0 Å². The van der Waals surface area contributed by atoms with E-state index in [1.807, 2.05) is 23.1 Å². The van der Waals surface area contributed by atoms with Crippen LogP contribution in [0, 0.1) is 0 Å². The maximum atomic E-state index is 13.0. The van der Waals surface area contributed by atoms with E-state index in [9.17, 15) is 9.59 Å². The number of para-hydroxylation sites is 1. The van der Waals surface area contributed by atoms with E-state index in [4.69, 9.17) is 4.42 Å². The van der Waals surface area contributed by atoms with Crippen LogP contribution in [-0.4, -0.2) is 47.9 Å². The number of nitrogens with zero attached hydrogens (tertiary/aromatic N) is 2. The Bertz CT molecular complexity index is 851. The van der Waals surface area contributed by atoms with Crippen molar-refractivity contribution < 1.29 is 9.21 Å². The predicted molar refractivity (Wildman–Crippen MR) is 96.8 cm³/mol. The molecule has 2 heterocycles. The van der Waals surface area contributed by atoms with Crippen LogP contribution in [0.2, 0.25) is 0 Å². The van der Waals surface area contributed by atoms with Gasteiger partial charge in [-0.05, 0) is 32.0 Å². The molecule has 5 heteroatoms. The molecule has 2 aliphatic rings. The molecule has 1 aromatic carbocycles. The van der Waals surface area contributed by atoms with Gasteiger partial charge in [-0.15, -0.1) is 0 Å². The monoisotopic (exact) mass is 340 g/mol. The molecule has 0 unspecified atom stereocenters. The number of likely N-dealkylation sites (N-methyl/N-ethyl adjacent to an activating group) is 1. The van der Waals surface area contributed by atoms with E-state index >= 15 is 0 Å². The van der Waals surface area contributed by atoms with Crippen molar-refractivity contribution in [2.75, 3.05) is 26.7 Å². The normalized spacial score (nSPS) is 20.9. The van der Waals surface area contributed by atoms with E-state index in [0.717, 1.165) is 24.8 Å². The Labute approximate surface area is 147 Å². The van der Waals surface area contributed by atoms with E-state index < -0.39 is 5.63 Å². The van der Waals surface area contributed by atoms with Crippen molar-refractivity contribution in [3.8, 4) is 0 Å². The van der Waals surface area contributed by atoms with Crippen LogP contribution in [0.15, 0.2) is 39.5 Å². The Kier molecular flexibility index (Phi) is 4.12. The van der Waals surface area contributed by atoms with E-state index in [1.165, 1.54) is 19.3 Å². The highest BCUT2D eigenvalue weighted by Crippen LogP contribution is 2.35. The predicted octanol–water partition coefficient (Wildman–Crippen LogP) is 2.88. The van der Waals surface area contributed by atoms with E-state index in [-0.39, 0.29) is 17.0 Å². The molecule has 1 saturated heterocycles. The highest BCUT2D eigenvalue weighted by atomic mass is 16.4. The molecule has 1 aromatic heterocycles. The minimum atomic E-state index is -0.541. The minimum Gasteiger partial charge on any atom is -0.422 e. The second kappa shape index (κ2) is 6.30. The van der Waals surface area contributed by atoms with Gasteiger partial charge in [0, 0.05) is 30.6 Å². The molecule has 132 valence electrons. The summed E-state index contributed by atoms with van der Waals surface area (Å²) in [6.45, 7) is 2.21. The molecular formula is C20H24N2O3. The van der Waals surface area contributed by atoms with Crippen molar-refractivity contribution in [1.29, 1.82) is 0 Å². The summed E-state index contributed by atoms with van der Waals surface area (Å²) in [4.78, 5) is 29.6. The van der Waals surface area contributed by atoms with Gasteiger partial charge in [-0.25, -0.2) is 4.79 Å². The highest BCUT2D eigenvalue weighted by molar-refractivity contribution is 5.96. The van der Waals surface area contributed by atoms with Crippen LogP contribution in [0.25, 0.3) is 11.0 Å². The van der Waals surface area contributed by atoms with Gasteiger partial charge in [0.05, 0.1) is 0 Å². The molecule has 0 bridgehead atoms. The third-order valence-electron chi connectivity index (χ3n) is 5.94. The number of hydrogen-bond acceptors (Lipinski definition) is 4. The Morgan fingerprint density at radius 1 is 1.12 bits per heavy atom. The summed E-state index contributed by atoms with van der Waals surface area (Å²) in [5, 5.41) is 0.784. The van der Waals surface area contributed by atoms with E-state index in [0.29, 0.717) is 18.7 Å². The lowest BCUT2D eigenvalue weighted by Gasteiger charge is -2.51. The first-order valence-electron chi connectivity index (χ1n) is 9.12. The zero-order chi connectivity index (χ0) is 17.4. The highest BCUT2D eigenvalue weighted by Gasteiger charge is 2.42. The topological polar surface area (TPSA) is 53.8 Å². The summed E-state index contributed by atoms with van der Waals surface area (Å²) in [6, 6.07) is 8.98. The average molecular weight is 340 g/mol. The van der Waals surface area contributed by atoms with Crippen molar-refractivity contribution in [1.82, 2.24) is 9.80 Å². The fraction of sp³-hybridized carbons (Fsp3) is 0.500. The molecule has 2 aromatic rings. The standard InChI is InChI=1S/C20H24N2O3/c1-21-11-12-22(14-20(21)9-5-2-6-10-20)18(23)16-13-15-7-3-4-8-17(15)25-19(16)24/h3-4,7-8,13H,2,5-6,9-12,14H2,1H3. The molecule has 4 rings (SSSR count). The smallest absolute Gasteiger partial charge is 0.349 e. The Balaban J connectivity index is 1.64. The van der Waals surface area contributed by atoms with Gasteiger partial charge >= 0.3 is 5.63 Å². The van der Waals surface area contributed by atoms with Gasteiger partial charge in [0.1, 0.15) is 11.1 Å². The van der Waals surface area contributed by atoms with Gasteiger partial charge in [-0.2, -0.15) is 0 Å². The third-order valence-corrected chi connectivity index (χ3v) is 5.94. The largest absolute Gasteiger partial charge is 0.422 e. The molecule has 0 atom stereocenters. The number of rotatable bonds is 1. The Morgan fingerprint density at radius 3 is 2.68 bits per heavy atom. The van der Waals surface area contributed by atoms with Crippen LogP contribution in [0.4, 0.5) is 0 Å². The summed E-state index contributed by atoms with van der Waals surface area (Å²) in [5.41, 5.74) is 0.198. The van der Waals surface area contributed by atoms with Crippen molar-refractivity contribution in [3.63, 3.8) is 0 Å². The van der Waals surface area contributed by atoms with Gasteiger partial charge in [0.2, 0.25) is 0 Å². The Morgan fingerprint density at radius 2 is 1.88 bits per heavy atom. The van der Waals surface area contributed by atoms with Crippen LogP contribution in [0.1, 0.15) is 42.5 Å². The first-order valence-corrected chi connectivity index (χ1v) is 9.12. The summed E-state index contributed by atoms with van der Waals surface area (Å²) in [7, 11) is 2.16. The quantitative estimate of drug-likeness (QED) is 0.749. The van der Waals surface area contributed by atoms with Crippen molar-refractivity contribution in [2.45, 2.75) is 37.6 Å². The number of carbonyl (C=O) groups excluding carboxylic acids is 1. The maximum absolute atomic E-state index is 13.0. The molecule has 1 amide bonds. The lowest BCUT2D eigenvalue weighted by molar-refractivity contribution is -0.00488. The number of amides is 1. The fourth-order valence-corrected chi connectivity index (χ4v) is 4.37. The molecule has 25 heavy (non-hydrogen) atoms. The van der Waals surface area contributed by atoms with Crippen molar-refractivity contribution in [3.05, 3.63) is 46.3 Å². The number of fused-ring (bicyclic) bond motifs is 1. The molecule has 2 fully saturated rings. The summed E-state index contributed by atoms with van der Waals surface area (Å²) < 4.78 is 5.35. The van der Waals surface area contributed by atoms with Gasteiger partial charge in [0.15, 0.2) is 0 Å². The Hall–Kier alpha value is -2.14. The number of benzene rings is 1. The minimum absolute atomic E-state index is 0.0726.